The summed E-state index contributed by atoms with van der Waals surface area (Å²) in [5.74, 6) is 0.916. The summed E-state index contributed by atoms with van der Waals surface area (Å²) in [7, 11) is 0. The fourth-order valence-corrected chi connectivity index (χ4v) is 3.06. The maximum Gasteiger partial charge on any atom is 0.146 e. The molecule has 0 unspecified atom stereocenters. The standard InChI is InChI=1S/C15H20N4/c1-2-18-6-8-19(9-7-18)15-13(11-16)10-12-4-3-5-14(12)17-15/h10H,2-9H2,1H3. The number of hydrogen-bond donors (Lipinski definition) is 0. The number of piperazine rings is 1. The summed E-state index contributed by atoms with van der Waals surface area (Å²) in [4.78, 5) is 9.50. The van der Waals surface area contributed by atoms with Gasteiger partial charge in [0, 0.05) is 31.9 Å². The Labute approximate surface area is 114 Å². The van der Waals surface area contributed by atoms with Crippen LogP contribution in [-0.2, 0) is 12.8 Å². The van der Waals surface area contributed by atoms with Gasteiger partial charge in [-0.2, -0.15) is 5.26 Å². The van der Waals surface area contributed by atoms with E-state index in [1.54, 1.807) is 0 Å². The van der Waals surface area contributed by atoms with Gasteiger partial charge in [-0.3, -0.25) is 0 Å². The van der Waals surface area contributed by atoms with E-state index in [2.05, 4.69) is 28.9 Å². The largest absolute Gasteiger partial charge is 0.353 e. The second kappa shape index (κ2) is 5.18. The van der Waals surface area contributed by atoms with Crippen molar-refractivity contribution in [1.29, 1.82) is 5.26 Å². The number of likely N-dealkylation sites (N-methyl/N-ethyl adjacent to an activating group) is 1. The maximum atomic E-state index is 9.35. The first-order valence-electron chi connectivity index (χ1n) is 7.22. The molecule has 2 aliphatic rings. The van der Waals surface area contributed by atoms with Crippen LogP contribution in [-0.4, -0.2) is 42.6 Å². The molecular formula is C15H20N4. The highest BCUT2D eigenvalue weighted by atomic mass is 15.3. The Morgan fingerprint density at radius 1 is 1.26 bits per heavy atom. The first kappa shape index (κ1) is 12.4. The van der Waals surface area contributed by atoms with Gasteiger partial charge in [-0.25, -0.2) is 4.98 Å². The first-order valence-corrected chi connectivity index (χ1v) is 7.22. The minimum atomic E-state index is 0.755. The molecule has 19 heavy (non-hydrogen) atoms. The van der Waals surface area contributed by atoms with Crippen LogP contribution in [0.1, 0.15) is 30.2 Å². The summed E-state index contributed by atoms with van der Waals surface area (Å²) in [6, 6.07) is 4.40. The monoisotopic (exact) mass is 256 g/mol. The molecule has 1 aliphatic carbocycles. The molecule has 0 bridgehead atoms. The number of hydrogen-bond acceptors (Lipinski definition) is 4. The van der Waals surface area contributed by atoms with Crippen molar-refractivity contribution >= 4 is 5.82 Å². The van der Waals surface area contributed by atoms with Gasteiger partial charge in [-0.15, -0.1) is 0 Å². The average Bonchev–Trinajstić information content (AvgIpc) is 2.93. The molecule has 1 fully saturated rings. The van der Waals surface area contributed by atoms with Gasteiger partial charge in [0.25, 0.3) is 0 Å². The molecule has 0 N–H and O–H groups in total. The topological polar surface area (TPSA) is 43.2 Å². The third kappa shape index (κ3) is 2.31. The molecule has 4 heteroatoms. The average molecular weight is 256 g/mol. The Bertz CT molecular complexity index is 510. The van der Waals surface area contributed by atoms with Gasteiger partial charge in [-0.1, -0.05) is 6.92 Å². The molecule has 0 amide bonds. The van der Waals surface area contributed by atoms with E-state index in [1.807, 2.05) is 0 Å². The van der Waals surface area contributed by atoms with Gasteiger partial charge in [0.2, 0.25) is 0 Å². The zero-order valence-corrected chi connectivity index (χ0v) is 11.5. The van der Waals surface area contributed by atoms with Crippen molar-refractivity contribution in [3.8, 4) is 6.07 Å². The minimum absolute atomic E-state index is 0.755. The molecule has 1 aromatic rings. The van der Waals surface area contributed by atoms with Crippen LogP contribution in [0, 0.1) is 11.3 Å². The number of aryl methyl sites for hydroxylation is 2. The molecule has 1 saturated heterocycles. The van der Waals surface area contributed by atoms with Crippen molar-refractivity contribution in [1.82, 2.24) is 9.88 Å². The quantitative estimate of drug-likeness (QED) is 0.806. The fraction of sp³-hybridized carbons (Fsp3) is 0.600. The Balaban J connectivity index is 1.86. The van der Waals surface area contributed by atoms with Gasteiger partial charge in [0.05, 0.1) is 5.56 Å². The van der Waals surface area contributed by atoms with E-state index in [9.17, 15) is 5.26 Å². The van der Waals surface area contributed by atoms with Crippen molar-refractivity contribution in [3.05, 3.63) is 22.9 Å². The second-order valence-corrected chi connectivity index (χ2v) is 5.35. The predicted molar refractivity (Wildman–Crippen MR) is 75.3 cm³/mol. The summed E-state index contributed by atoms with van der Waals surface area (Å²) in [5.41, 5.74) is 3.25. The summed E-state index contributed by atoms with van der Waals surface area (Å²) >= 11 is 0. The number of pyridine rings is 1. The smallest absolute Gasteiger partial charge is 0.146 e. The van der Waals surface area contributed by atoms with Gasteiger partial charge >= 0.3 is 0 Å². The number of nitrogens with zero attached hydrogens (tertiary/aromatic N) is 4. The highest BCUT2D eigenvalue weighted by molar-refractivity contribution is 5.57. The zero-order chi connectivity index (χ0) is 13.2. The summed E-state index contributed by atoms with van der Waals surface area (Å²) in [6.07, 6.45) is 3.34. The first-order chi connectivity index (χ1) is 9.31. The highest BCUT2D eigenvalue weighted by Crippen LogP contribution is 2.27. The number of nitriles is 1. The predicted octanol–water partition coefficient (Wildman–Crippen LogP) is 1.58. The molecule has 4 nitrogen and oxygen atoms in total. The van der Waals surface area contributed by atoms with Crippen LogP contribution < -0.4 is 4.90 Å². The number of fused-ring (bicyclic) bond motifs is 1. The van der Waals surface area contributed by atoms with Crippen LogP contribution in [0.15, 0.2) is 6.07 Å². The molecule has 0 atom stereocenters. The molecule has 3 rings (SSSR count). The van der Waals surface area contributed by atoms with Crippen LogP contribution in [0.3, 0.4) is 0 Å². The van der Waals surface area contributed by atoms with Crippen LogP contribution in [0.4, 0.5) is 5.82 Å². The molecule has 0 radical (unpaired) electrons. The Morgan fingerprint density at radius 2 is 2.05 bits per heavy atom. The Kier molecular flexibility index (Phi) is 3.39. The normalized spacial score (nSPS) is 19.3. The van der Waals surface area contributed by atoms with Crippen molar-refractivity contribution in [2.75, 3.05) is 37.6 Å². The molecule has 100 valence electrons. The minimum Gasteiger partial charge on any atom is -0.353 e. The molecule has 0 spiro atoms. The molecular weight excluding hydrogens is 236 g/mol. The van der Waals surface area contributed by atoms with Crippen molar-refractivity contribution < 1.29 is 0 Å². The van der Waals surface area contributed by atoms with E-state index in [-0.39, 0.29) is 0 Å². The fourth-order valence-electron chi connectivity index (χ4n) is 3.06. The molecule has 1 aromatic heterocycles. The van der Waals surface area contributed by atoms with E-state index in [4.69, 9.17) is 4.98 Å². The Morgan fingerprint density at radius 3 is 2.74 bits per heavy atom. The van der Waals surface area contributed by atoms with Crippen LogP contribution in [0.5, 0.6) is 0 Å². The molecule has 2 heterocycles. The molecule has 0 saturated carbocycles. The van der Waals surface area contributed by atoms with E-state index in [0.717, 1.165) is 56.9 Å². The second-order valence-electron chi connectivity index (χ2n) is 5.35. The third-order valence-corrected chi connectivity index (χ3v) is 4.27. The molecule has 1 aliphatic heterocycles. The number of aromatic nitrogens is 1. The lowest BCUT2D eigenvalue weighted by atomic mass is 10.1. The van der Waals surface area contributed by atoms with E-state index in [0.29, 0.717) is 0 Å². The van der Waals surface area contributed by atoms with Gasteiger partial charge < -0.3 is 9.80 Å². The van der Waals surface area contributed by atoms with Gasteiger partial charge in [0.1, 0.15) is 11.9 Å². The van der Waals surface area contributed by atoms with Crippen molar-refractivity contribution in [2.45, 2.75) is 26.2 Å². The van der Waals surface area contributed by atoms with Crippen LogP contribution in [0.25, 0.3) is 0 Å². The van der Waals surface area contributed by atoms with Gasteiger partial charge in [-0.05, 0) is 37.4 Å². The van der Waals surface area contributed by atoms with Crippen LogP contribution in [0.2, 0.25) is 0 Å². The number of rotatable bonds is 2. The summed E-state index contributed by atoms with van der Waals surface area (Å²) in [6.45, 7) is 7.41. The number of anilines is 1. The van der Waals surface area contributed by atoms with E-state index < -0.39 is 0 Å². The summed E-state index contributed by atoms with van der Waals surface area (Å²) in [5, 5.41) is 9.35. The SMILES string of the molecule is CCN1CCN(c2nc3c(cc2C#N)CCC3)CC1. The van der Waals surface area contributed by atoms with Gasteiger partial charge in [0.15, 0.2) is 0 Å². The zero-order valence-electron chi connectivity index (χ0n) is 11.5. The van der Waals surface area contributed by atoms with E-state index in [1.165, 1.54) is 17.7 Å². The molecule has 0 aromatic carbocycles. The summed E-state index contributed by atoms with van der Waals surface area (Å²) < 4.78 is 0. The van der Waals surface area contributed by atoms with Crippen molar-refractivity contribution in [2.24, 2.45) is 0 Å². The maximum absolute atomic E-state index is 9.35. The highest BCUT2D eigenvalue weighted by Gasteiger charge is 2.22. The van der Waals surface area contributed by atoms with Crippen molar-refractivity contribution in [3.63, 3.8) is 0 Å². The Hall–Kier alpha value is -1.60. The third-order valence-electron chi connectivity index (χ3n) is 4.27. The van der Waals surface area contributed by atoms with E-state index >= 15 is 0 Å². The lowest BCUT2D eigenvalue weighted by molar-refractivity contribution is 0.270. The lowest BCUT2D eigenvalue weighted by Gasteiger charge is -2.35. The van der Waals surface area contributed by atoms with Crippen LogP contribution >= 0.6 is 0 Å². The lowest BCUT2D eigenvalue weighted by Crippen LogP contribution is -2.46.